The molecule has 106 valence electrons. The van der Waals surface area contributed by atoms with Gasteiger partial charge in [-0.25, -0.2) is 0 Å². The first-order valence-corrected chi connectivity index (χ1v) is 7.67. The fourth-order valence-electron chi connectivity index (χ4n) is 2.99. The Morgan fingerprint density at radius 3 is 3.00 bits per heavy atom. The zero-order chi connectivity index (χ0) is 13.7. The molecule has 0 saturated heterocycles. The first kappa shape index (κ1) is 14.4. The fourth-order valence-corrected chi connectivity index (χ4v) is 2.99. The molecule has 1 N–H and O–H groups in total. The molecule has 0 fully saturated rings. The Hall–Kier alpha value is -1.02. The Bertz CT molecular complexity index is 402. The molecule has 1 aromatic carbocycles. The minimum Gasteiger partial charge on any atom is -0.493 e. The summed E-state index contributed by atoms with van der Waals surface area (Å²) < 4.78 is 5.93. The smallest absolute Gasteiger partial charge is 0.119 e. The summed E-state index contributed by atoms with van der Waals surface area (Å²) in [5.74, 6) is 1.68. The van der Waals surface area contributed by atoms with E-state index < -0.39 is 0 Å². The molecular formula is C17H27NO. The molecule has 0 heterocycles. The highest BCUT2D eigenvalue weighted by Gasteiger charge is 2.18. The number of aryl methyl sites for hydroxylation is 1. The van der Waals surface area contributed by atoms with E-state index in [1.54, 1.807) is 0 Å². The summed E-state index contributed by atoms with van der Waals surface area (Å²) >= 11 is 0. The fraction of sp³-hybridized carbons (Fsp3) is 0.647. The number of ether oxygens (including phenoxy) is 1. The van der Waals surface area contributed by atoms with E-state index in [-0.39, 0.29) is 0 Å². The average molecular weight is 261 g/mol. The van der Waals surface area contributed by atoms with Crippen LogP contribution in [0.4, 0.5) is 0 Å². The van der Waals surface area contributed by atoms with E-state index in [9.17, 15) is 0 Å². The molecule has 1 aliphatic rings. The predicted molar refractivity (Wildman–Crippen MR) is 80.7 cm³/mol. The van der Waals surface area contributed by atoms with E-state index in [0.29, 0.717) is 12.0 Å². The second kappa shape index (κ2) is 6.95. The molecule has 0 radical (unpaired) electrons. The van der Waals surface area contributed by atoms with Crippen molar-refractivity contribution < 1.29 is 4.74 Å². The lowest BCUT2D eigenvalue weighted by Gasteiger charge is -2.25. The van der Waals surface area contributed by atoms with Gasteiger partial charge >= 0.3 is 0 Å². The Labute approximate surface area is 117 Å². The van der Waals surface area contributed by atoms with Gasteiger partial charge in [-0.2, -0.15) is 0 Å². The average Bonchev–Trinajstić information content (AvgIpc) is 2.44. The lowest BCUT2D eigenvalue weighted by atomic mass is 9.87. The Morgan fingerprint density at radius 1 is 1.42 bits per heavy atom. The van der Waals surface area contributed by atoms with Crippen LogP contribution >= 0.6 is 0 Å². The van der Waals surface area contributed by atoms with Crippen LogP contribution in [-0.2, 0) is 6.42 Å². The van der Waals surface area contributed by atoms with Gasteiger partial charge in [0.25, 0.3) is 0 Å². The van der Waals surface area contributed by atoms with Crippen molar-refractivity contribution in [2.75, 3.05) is 13.7 Å². The van der Waals surface area contributed by atoms with Crippen molar-refractivity contribution in [1.29, 1.82) is 0 Å². The van der Waals surface area contributed by atoms with E-state index in [1.165, 1.54) is 43.2 Å². The Morgan fingerprint density at radius 2 is 2.26 bits per heavy atom. The van der Waals surface area contributed by atoms with Crippen LogP contribution in [0.25, 0.3) is 0 Å². The van der Waals surface area contributed by atoms with E-state index in [0.717, 1.165) is 12.4 Å². The van der Waals surface area contributed by atoms with Gasteiger partial charge in [0.1, 0.15) is 5.75 Å². The lowest BCUT2D eigenvalue weighted by Crippen LogP contribution is -2.21. The van der Waals surface area contributed by atoms with Crippen LogP contribution in [0.3, 0.4) is 0 Å². The summed E-state index contributed by atoms with van der Waals surface area (Å²) in [6, 6.07) is 7.15. The molecule has 19 heavy (non-hydrogen) atoms. The van der Waals surface area contributed by atoms with Crippen molar-refractivity contribution in [3.05, 3.63) is 29.3 Å². The van der Waals surface area contributed by atoms with E-state index in [1.807, 2.05) is 0 Å². The normalized spacial score (nSPS) is 19.8. The highest BCUT2D eigenvalue weighted by molar-refractivity contribution is 5.39. The molecule has 0 spiro atoms. The van der Waals surface area contributed by atoms with Crippen LogP contribution in [0.15, 0.2) is 18.2 Å². The monoisotopic (exact) mass is 261 g/mol. The van der Waals surface area contributed by atoms with E-state index >= 15 is 0 Å². The predicted octanol–water partition coefficient (Wildman–Crippen LogP) is 4.10. The largest absolute Gasteiger partial charge is 0.493 e. The summed E-state index contributed by atoms with van der Waals surface area (Å²) in [4.78, 5) is 0. The molecule has 1 aliphatic carbocycles. The Kier molecular flexibility index (Phi) is 5.26. The van der Waals surface area contributed by atoms with Crippen LogP contribution in [0.1, 0.15) is 56.7 Å². The van der Waals surface area contributed by atoms with Gasteiger partial charge in [0, 0.05) is 6.04 Å². The van der Waals surface area contributed by atoms with Crippen molar-refractivity contribution in [2.24, 2.45) is 5.92 Å². The van der Waals surface area contributed by atoms with E-state index in [4.69, 9.17) is 4.74 Å². The van der Waals surface area contributed by atoms with Crippen molar-refractivity contribution in [3.8, 4) is 5.75 Å². The topological polar surface area (TPSA) is 21.3 Å². The van der Waals surface area contributed by atoms with Gasteiger partial charge in [-0.3, -0.25) is 0 Å². The van der Waals surface area contributed by atoms with Crippen molar-refractivity contribution in [2.45, 2.75) is 52.0 Å². The first-order valence-electron chi connectivity index (χ1n) is 7.67. The maximum absolute atomic E-state index is 5.93. The molecule has 2 atom stereocenters. The van der Waals surface area contributed by atoms with Crippen molar-refractivity contribution >= 4 is 0 Å². The Balaban J connectivity index is 2.00. The van der Waals surface area contributed by atoms with Gasteiger partial charge in [0.15, 0.2) is 0 Å². The molecule has 2 nitrogen and oxygen atoms in total. The van der Waals surface area contributed by atoms with Gasteiger partial charge in [-0.1, -0.05) is 26.3 Å². The second-order valence-corrected chi connectivity index (χ2v) is 5.80. The quantitative estimate of drug-likeness (QED) is 0.832. The summed E-state index contributed by atoms with van der Waals surface area (Å²) in [5, 5.41) is 3.41. The number of rotatable bonds is 6. The molecule has 1 aromatic rings. The summed E-state index contributed by atoms with van der Waals surface area (Å²) in [6.45, 7) is 5.33. The van der Waals surface area contributed by atoms with Crippen LogP contribution in [0.2, 0.25) is 0 Å². The van der Waals surface area contributed by atoms with Crippen LogP contribution < -0.4 is 10.1 Å². The molecule has 0 amide bonds. The maximum atomic E-state index is 5.93. The minimum atomic E-state index is 0.525. The molecule has 2 unspecified atom stereocenters. The molecular weight excluding hydrogens is 234 g/mol. The zero-order valence-corrected chi connectivity index (χ0v) is 12.5. The molecule has 0 saturated carbocycles. The third-order valence-electron chi connectivity index (χ3n) is 4.09. The number of hydrogen-bond donors (Lipinski definition) is 1. The second-order valence-electron chi connectivity index (χ2n) is 5.80. The first-order chi connectivity index (χ1) is 9.24. The molecule has 0 bridgehead atoms. The van der Waals surface area contributed by atoms with Crippen LogP contribution in [0, 0.1) is 5.92 Å². The van der Waals surface area contributed by atoms with Gasteiger partial charge in [-0.15, -0.1) is 0 Å². The number of benzene rings is 1. The van der Waals surface area contributed by atoms with Gasteiger partial charge in [0.05, 0.1) is 6.61 Å². The number of fused-ring (bicyclic) bond motifs is 1. The molecule has 2 rings (SSSR count). The summed E-state index contributed by atoms with van der Waals surface area (Å²) in [6.07, 6.45) is 6.19. The summed E-state index contributed by atoms with van der Waals surface area (Å²) in [7, 11) is 2.05. The lowest BCUT2D eigenvalue weighted by molar-refractivity contribution is 0.251. The highest BCUT2D eigenvalue weighted by Crippen LogP contribution is 2.32. The van der Waals surface area contributed by atoms with Crippen LogP contribution in [0.5, 0.6) is 5.75 Å². The SMILES string of the molecule is CCCC(C)COc1ccc2c(c1)CCCC2NC. The minimum absolute atomic E-state index is 0.525. The third kappa shape index (κ3) is 3.73. The molecule has 0 aliphatic heterocycles. The van der Waals surface area contributed by atoms with Gasteiger partial charge in [0.2, 0.25) is 0 Å². The maximum Gasteiger partial charge on any atom is 0.119 e. The standard InChI is InChI=1S/C17H27NO/c1-4-6-13(2)12-19-15-9-10-16-14(11-15)7-5-8-17(16)18-3/h9-11,13,17-18H,4-8,12H2,1-3H3. The van der Waals surface area contributed by atoms with Gasteiger partial charge in [-0.05, 0) is 61.9 Å². The van der Waals surface area contributed by atoms with Crippen molar-refractivity contribution in [3.63, 3.8) is 0 Å². The van der Waals surface area contributed by atoms with Crippen molar-refractivity contribution in [1.82, 2.24) is 5.32 Å². The van der Waals surface area contributed by atoms with Crippen LogP contribution in [-0.4, -0.2) is 13.7 Å². The highest BCUT2D eigenvalue weighted by atomic mass is 16.5. The number of nitrogens with one attached hydrogen (secondary N) is 1. The number of hydrogen-bond acceptors (Lipinski definition) is 2. The van der Waals surface area contributed by atoms with Gasteiger partial charge < -0.3 is 10.1 Å². The molecule has 2 heteroatoms. The zero-order valence-electron chi connectivity index (χ0n) is 12.5. The summed E-state index contributed by atoms with van der Waals surface area (Å²) in [5.41, 5.74) is 2.92. The third-order valence-corrected chi connectivity index (χ3v) is 4.09. The molecule has 0 aromatic heterocycles. The van der Waals surface area contributed by atoms with E-state index in [2.05, 4.69) is 44.4 Å².